The minimum absolute atomic E-state index is 0.113. The van der Waals surface area contributed by atoms with Gasteiger partial charge in [0, 0.05) is 13.0 Å². The van der Waals surface area contributed by atoms with Crippen LogP contribution in [0.2, 0.25) is 0 Å². The summed E-state index contributed by atoms with van der Waals surface area (Å²) < 4.78 is 13.4. The van der Waals surface area contributed by atoms with Crippen molar-refractivity contribution < 1.29 is 9.18 Å². The predicted octanol–water partition coefficient (Wildman–Crippen LogP) is 1.87. The van der Waals surface area contributed by atoms with Gasteiger partial charge in [0.15, 0.2) is 0 Å². The molecule has 0 aliphatic carbocycles. The fraction of sp³-hybridized carbons (Fsp3) is 0.533. The molecule has 0 aromatic heterocycles. The highest BCUT2D eigenvalue weighted by Crippen LogP contribution is 2.12. The number of rotatable bonds is 6. The average Bonchev–Trinajstić information content (AvgIpc) is 2.89. The lowest BCUT2D eigenvalue weighted by Crippen LogP contribution is -2.27. The van der Waals surface area contributed by atoms with Crippen LogP contribution in [0.5, 0.6) is 0 Å². The second-order valence-corrected chi connectivity index (χ2v) is 5.11. The van der Waals surface area contributed by atoms with Crippen LogP contribution in [-0.4, -0.2) is 25.5 Å². The Morgan fingerprint density at radius 2 is 2.26 bits per heavy atom. The first kappa shape index (κ1) is 14.0. The molecule has 19 heavy (non-hydrogen) atoms. The number of benzene rings is 1. The highest BCUT2D eigenvalue weighted by atomic mass is 19.1. The fourth-order valence-corrected chi connectivity index (χ4v) is 2.43. The smallest absolute Gasteiger partial charge is 0.220 e. The maximum Gasteiger partial charge on any atom is 0.220 e. The maximum absolute atomic E-state index is 13.4. The van der Waals surface area contributed by atoms with E-state index in [1.165, 1.54) is 6.07 Å². The van der Waals surface area contributed by atoms with Crippen molar-refractivity contribution in [2.24, 2.45) is 5.92 Å². The van der Waals surface area contributed by atoms with Crippen LogP contribution in [0.3, 0.4) is 0 Å². The second kappa shape index (κ2) is 7.24. The number of halogens is 1. The first-order chi connectivity index (χ1) is 9.25. The number of nitrogens with one attached hydrogen (secondary N) is 2. The second-order valence-electron chi connectivity index (χ2n) is 5.11. The van der Waals surface area contributed by atoms with Crippen molar-refractivity contribution in [2.75, 3.05) is 19.6 Å². The Labute approximate surface area is 113 Å². The summed E-state index contributed by atoms with van der Waals surface area (Å²) in [5.74, 6) is 0.430. The first-order valence-electron chi connectivity index (χ1n) is 6.96. The Hall–Kier alpha value is -1.42. The van der Waals surface area contributed by atoms with Crippen molar-refractivity contribution >= 4 is 5.91 Å². The van der Waals surface area contributed by atoms with Gasteiger partial charge in [-0.1, -0.05) is 18.2 Å². The number of hydrogen-bond acceptors (Lipinski definition) is 2. The summed E-state index contributed by atoms with van der Waals surface area (Å²) in [6.07, 6.45) is 3.13. The molecule has 0 spiro atoms. The van der Waals surface area contributed by atoms with Crippen LogP contribution in [0, 0.1) is 11.7 Å². The van der Waals surface area contributed by atoms with Gasteiger partial charge in [0.1, 0.15) is 5.82 Å². The molecule has 1 amide bonds. The van der Waals surface area contributed by atoms with Gasteiger partial charge in [-0.25, -0.2) is 4.39 Å². The van der Waals surface area contributed by atoms with Gasteiger partial charge < -0.3 is 10.6 Å². The van der Waals surface area contributed by atoms with E-state index in [0.29, 0.717) is 25.3 Å². The van der Waals surface area contributed by atoms with E-state index in [4.69, 9.17) is 0 Å². The highest BCUT2D eigenvalue weighted by Gasteiger charge is 2.17. The molecule has 4 heteroatoms. The summed E-state index contributed by atoms with van der Waals surface area (Å²) in [5.41, 5.74) is 0.719. The van der Waals surface area contributed by atoms with Crippen molar-refractivity contribution in [3.8, 4) is 0 Å². The summed E-state index contributed by atoms with van der Waals surface area (Å²) in [4.78, 5) is 11.7. The topological polar surface area (TPSA) is 41.1 Å². The van der Waals surface area contributed by atoms with E-state index in [2.05, 4.69) is 10.6 Å². The zero-order valence-corrected chi connectivity index (χ0v) is 11.1. The highest BCUT2D eigenvalue weighted by molar-refractivity contribution is 5.76. The molecule has 1 heterocycles. The van der Waals surface area contributed by atoms with Crippen molar-refractivity contribution in [1.82, 2.24) is 10.6 Å². The Morgan fingerprint density at radius 3 is 3.00 bits per heavy atom. The van der Waals surface area contributed by atoms with Gasteiger partial charge in [0.05, 0.1) is 0 Å². The van der Waals surface area contributed by atoms with Gasteiger partial charge in [-0.2, -0.15) is 0 Å². The normalized spacial score (nSPS) is 18.5. The monoisotopic (exact) mass is 264 g/mol. The number of hydrogen-bond donors (Lipinski definition) is 2. The van der Waals surface area contributed by atoms with Crippen LogP contribution in [0.25, 0.3) is 0 Å². The number of carbonyl (C=O) groups is 1. The molecule has 1 aromatic carbocycles. The Balaban J connectivity index is 1.61. The van der Waals surface area contributed by atoms with Crippen LogP contribution in [0.15, 0.2) is 24.3 Å². The van der Waals surface area contributed by atoms with E-state index < -0.39 is 0 Å². The molecule has 0 bridgehead atoms. The summed E-state index contributed by atoms with van der Waals surface area (Å²) in [6.45, 7) is 2.58. The van der Waals surface area contributed by atoms with Crippen LogP contribution >= 0.6 is 0 Å². The van der Waals surface area contributed by atoms with Gasteiger partial charge in [-0.3, -0.25) is 4.79 Å². The number of aryl methyl sites for hydroxylation is 1. The molecule has 1 unspecified atom stereocenters. The lowest BCUT2D eigenvalue weighted by Gasteiger charge is -2.09. The summed E-state index contributed by atoms with van der Waals surface area (Å²) in [7, 11) is 0. The van der Waals surface area contributed by atoms with Gasteiger partial charge in [0.2, 0.25) is 5.91 Å². The summed E-state index contributed by atoms with van der Waals surface area (Å²) in [6, 6.07) is 6.79. The zero-order valence-electron chi connectivity index (χ0n) is 11.1. The molecule has 0 saturated carbocycles. The van der Waals surface area contributed by atoms with Crippen LogP contribution < -0.4 is 10.6 Å². The third kappa shape index (κ3) is 4.63. The molecule has 1 fully saturated rings. The van der Waals surface area contributed by atoms with Gasteiger partial charge in [-0.05, 0) is 49.9 Å². The molecule has 1 atom stereocenters. The average molecular weight is 264 g/mol. The minimum atomic E-state index is -0.161. The molecular weight excluding hydrogens is 243 g/mol. The molecule has 2 rings (SSSR count). The van der Waals surface area contributed by atoms with Crippen molar-refractivity contribution in [1.29, 1.82) is 0 Å². The van der Waals surface area contributed by atoms with E-state index in [0.717, 1.165) is 31.5 Å². The third-order valence-corrected chi connectivity index (χ3v) is 3.54. The molecule has 1 aromatic rings. The lowest BCUT2D eigenvalue weighted by molar-refractivity contribution is -0.121. The van der Waals surface area contributed by atoms with E-state index in [9.17, 15) is 9.18 Å². The van der Waals surface area contributed by atoms with Crippen molar-refractivity contribution in [3.63, 3.8) is 0 Å². The molecular formula is C15H21FN2O. The maximum atomic E-state index is 13.4. The van der Waals surface area contributed by atoms with Crippen molar-refractivity contribution in [2.45, 2.75) is 25.7 Å². The quantitative estimate of drug-likeness (QED) is 0.770. The molecule has 1 saturated heterocycles. The van der Waals surface area contributed by atoms with Gasteiger partial charge in [-0.15, -0.1) is 0 Å². The van der Waals surface area contributed by atoms with E-state index in [-0.39, 0.29) is 11.7 Å². The van der Waals surface area contributed by atoms with Gasteiger partial charge >= 0.3 is 0 Å². The van der Waals surface area contributed by atoms with Crippen molar-refractivity contribution in [3.05, 3.63) is 35.6 Å². The first-order valence-corrected chi connectivity index (χ1v) is 6.96. The predicted molar refractivity (Wildman–Crippen MR) is 73.3 cm³/mol. The van der Waals surface area contributed by atoms with Crippen LogP contribution in [0.4, 0.5) is 4.39 Å². The molecule has 0 radical (unpaired) electrons. The Kier molecular flexibility index (Phi) is 5.33. The van der Waals surface area contributed by atoms with Gasteiger partial charge in [0.25, 0.3) is 0 Å². The lowest BCUT2D eigenvalue weighted by atomic mass is 10.0. The van der Waals surface area contributed by atoms with E-state index in [1.807, 2.05) is 6.07 Å². The largest absolute Gasteiger partial charge is 0.356 e. The number of amides is 1. The minimum Gasteiger partial charge on any atom is -0.356 e. The third-order valence-electron chi connectivity index (χ3n) is 3.54. The molecule has 1 aliphatic rings. The standard InChI is InChI=1S/C15H21FN2O/c16-14-6-2-1-4-13(14)5-3-8-18-15(19)10-12-7-9-17-11-12/h1-2,4,6,12,17H,3,5,7-11H2,(H,18,19). The van der Waals surface area contributed by atoms with Crippen LogP contribution in [-0.2, 0) is 11.2 Å². The molecule has 3 nitrogen and oxygen atoms in total. The van der Waals surface area contributed by atoms with E-state index in [1.54, 1.807) is 12.1 Å². The Bertz CT molecular complexity index is 416. The molecule has 1 aliphatic heterocycles. The summed E-state index contributed by atoms with van der Waals surface area (Å²) in [5, 5.41) is 6.16. The molecule has 2 N–H and O–H groups in total. The fourth-order valence-electron chi connectivity index (χ4n) is 2.43. The Morgan fingerprint density at radius 1 is 1.42 bits per heavy atom. The van der Waals surface area contributed by atoms with E-state index >= 15 is 0 Å². The van der Waals surface area contributed by atoms with Crippen LogP contribution in [0.1, 0.15) is 24.8 Å². The summed E-state index contributed by atoms with van der Waals surface area (Å²) >= 11 is 0. The SMILES string of the molecule is O=C(CC1CCNC1)NCCCc1ccccc1F. The zero-order chi connectivity index (χ0) is 13.5. The number of carbonyl (C=O) groups excluding carboxylic acids is 1. The molecule has 104 valence electrons.